The number of nitrogens with zero attached hydrogens (tertiary/aromatic N) is 12. The summed E-state index contributed by atoms with van der Waals surface area (Å²) in [6.07, 6.45) is -0.922. The topological polar surface area (TPSA) is 118 Å². The molecule has 4 fully saturated rings. The van der Waals surface area contributed by atoms with Crippen LogP contribution in [-0.4, -0.2) is 124 Å². The minimum absolute atomic E-state index is 0.0657. The van der Waals surface area contributed by atoms with Crippen molar-refractivity contribution in [2.24, 2.45) is 40.0 Å². The van der Waals surface area contributed by atoms with E-state index in [4.69, 9.17) is 0 Å². The van der Waals surface area contributed by atoms with Crippen LogP contribution in [0.25, 0.3) is 22.8 Å². The Labute approximate surface area is 422 Å². The first-order chi connectivity index (χ1) is 34.4. The Morgan fingerprint density at radius 2 is 0.917 bits per heavy atom. The van der Waals surface area contributed by atoms with E-state index in [9.17, 15) is 35.9 Å². The van der Waals surface area contributed by atoms with Crippen LogP contribution in [0.5, 0.6) is 0 Å². The summed E-state index contributed by atoms with van der Waals surface area (Å²) in [6.45, 7) is 7.70. The highest BCUT2D eigenvalue weighted by Gasteiger charge is 2.43. The Hall–Kier alpha value is -5.58. The van der Waals surface area contributed by atoms with Crippen molar-refractivity contribution in [1.82, 2.24) is 48.5 Å². The minimum atomic E-state index is -4.30. The van der Waals surface area contributed by atoms with Crippen molar-refractivity contribution in [3.63, 3.8) is 0 Å². The molecule has 0 N–H and O–H groups in total. The average Bonchev–Trinajstić information content (AvgIpc) is 4.22. The molecule has 4 atom stereocenters. The maximum Gasteiger partial charge on any atom is 0.416 e. The molecule has 0 unspecified atom stereocenters. The second-order valence-electron chi connectivity index (χ2n) is 19.1. The number of hydrogen-bond acceptors (Lipinski definition) is 12. The van der Waals surface area contributed by atoms with Gasteiger partial charge in [0.15, 0.2) is 22.0 Å². The number of halogens is 6. The molecule has 22 heteroatoms. The number of thioether (sulfide) groups is 2. The molecular formula is C50H58F6N12O2S2. The van der Waals surface area contributed by atoms with Crippen LogP contribution in [0.4, 0.5) is 37.7 Å². The third kappa shape index (κ3) is 11.5. The highest BCUT2D eigenvalue weighted by atomic mass is 32.2. The van der Waals surface area contributed by atoms with Gasteiger partial charge in [-0.1, -0.05) is 23.5 Å². The molecule has 0 aliphatic carbocycles. The van der Waals surface area contributed by atoms with Crippen molar-refractivity contribution in [2.75, 3.05) is 73.7 Å². The van der Waals surface area contributed by atoms with Gasteiger partial charge in [-0.25, -0.2) is 0 Å². The summed E-state index contributed by atoms with van der Waals surface area (Å²) >= 11 is 3.33. The van der Waals surface area contributed by atoms with E-state index in [2.05, 4.69) is 40.0 Å². The van der Waals surface area contributed by atoms with Gasteiger partial charge in [0.25, 0.3) is 0 Å². The second kappa shape index (κ2) is 21.5. The molecule has 8 heterocycles. The molecular weight excluding hydrogens is 979 g/mol. The molecule has 72 heavy (non-hydrogen) atoms. The van der Waals surface area contributed by atoms with Crippen molar-refractivity contribution in [1.29, 1.82) is 0 Å². The van der Waals surface area contributed by atoms with Crippen LogP contribution in [0.1, 0.15) is 36.8 Å². The van der Waals surface area contributed by atoms with E-state index < -0.39 is 23.5 Å². The van der Waals surface area contributed by atoms with Gasteiger partial charge in [0.05, 0.1) is 11.1 Å². The smallest absolute Gasteiger partial charge is 0.367 e. The third-order valence-corrected chi connectivity index (χ3v) is 16.6. The quantitative estimate of drug-likeness (QED) is 0.0603. The summed E-state index contributed by atoms with van der Waals surface area (Å²) in [5, 5.41) is 18.9. The molecule has 4 aliphatic heterocycles. The summed E-state index contributed by atoms with van der Waals surface area (Å²) in [5.74, 6) is 4.39. The van der Waals surface area contributed by atoms with Gasteiger partial charge in [-0.15, -0.1) is 20.4 Å². The van der Waals surface area contributed by atoms with Crippen LogP contribution in [-0.2, 0) is 40.5 Å². The lowest BCUT2D eigenvalue weighted by Crippen LogP contribution is -2.35. The molecule has 0 bridgehead atoms. The fraction of sp³-hybridized carbons (Fsp3) is 0.480. The lowest BCUT2D eigenvalue weighted by atomic mass is 10.0. The number of anilines is 2. The van der Waals surface area contributed by atoms with Crippen LogP contribution >= 0.6 is 23.5 Å². The van der Waals surface area contributed by atoms with E-state index in [0.717, 1.165) is 134 Å². The molecule has 4 aliphatic rings. The highest BCUT2D eigenvalue weighted by molar-refractivity contribution is 7.99. The van der Waals surface area contributed by atoms with Gasteiger partial charge >= 0.3 is 12.4 Å². The monoisotopic (exact) mass is 1040 g/mol. The van der Waals surface area contributed by atoms with Gasteiger partial charge in [-0.2, -0.15) is 26.3 Å². The Bertz CT molecular complexity index is 2740. The molecule has 0 spiro atoms. The molecule has 10 rings (SSSR count). The first-order valence-corrected chi connectivity index (χ1v) is 26.1. The van der Waals surface area contributed by atoms with E-state index in [-0.39, 0.29) is 11.1 Å². The van der Waals surface area contributed by atoms with Crippen molar-refractivity contribution >= 4 is 34.9 Å². The van der Waals surface area contributed by atoms with E-state index in [1.807, 2.05) is 23.2 Å². The fourth-order valence-corrected chi connectivity index (χ4v) is 12.2. The fourth-order valence-electron chi connectivity index (χ4n) is 10.5. The van der Waals surface area contributed by atoms with Crippen LogP contribution in [0, 0.1) is 11.8 Å². The third-order valence-electron chi connectivity index (χ3n) is 14.4. The van der Waals surface area contributed by atoms with Gasteiger partial charge in [-0.3, -0.25) is 9.59 Å². The summed E-state index contributed by atoms with van der Waals surface area (Å²) in [6, 6.07) is 18.5. The number of rotatable bonds is 14. The van der Waals surface area contributed by atoms with Gasteiger partial charge in [0, 0.05) is 138 Å². The number of pyridine rings is 2. The highest BCUT2D eigenvalue weighted by Crippen LogP contribution is 2.39. The largest absolute Gasteiger partial charge is 0.416 e. The van der Waals surface area contributed by atoms with Crippen LogP contribution < -0.4 is 20.9 Å². The standard InChI is InChI=1S/2C25H29F3N6OS/c2*1-31-14-18(4-9-22(31)35)23-29-30-24(32(23)2)36-13-3-11-33-15-17-10-12-34(21(17)16-33)20-7-5-19(6-8-20)25(26,27)28/h2*4-9,14,17,21H,3,10-13,15-16H2,1-2H3/t2*17-,21+/m10/s1. The minimum Gasteiger partial charge on any atom is -0.367 e. The van der Waals surface area contributed by atoms with E-state index in [0.29, 0.717) is 23.9 Å². The Morgan fingerprint density at radius 3 is 1.28 bits per heavy atom. The first-order valence-electron chi connectivity index (χ1n) is 24.1. The molecule has 0 saturated carbocycles. The normalized spacial score (nSPS) is 20.3. The Kier molecular flexibility index (Phi) is 15.3. The zero-order valence-electron chi connectivity index (χ0n) is 40.6. The molecule has 6 aromatic rings. The molecule has 2 aromatic carbocycles. The number of benzene rings is 2. The summed E-state index contributed by atoms with van der Waals surface area (Å²) < 4.78 is 84.4. The molecule has 384 valence electrons. The Balaban J connectivity index is 0.000000178. The van der Waals surface area contributed by atoms with E-state index >= 15 is 0 Å². The second-order valence-corrected chi connectivity index (χ2v) is 21.2. The summed E-state index contributed by atoms with van der Waals surface area (Å²) in [4.78, 5) is 32.8. The van der Waals surface area contributed by atoms with Gasteiger partial charge in [0.1, 0.15) is 0 Å². The van der Waals surface area contributed by atoms with E-state index in [1.165, 1.54) is 45.5 Å². The average molecular weight is 1040 g/mol. The van der Waals surface area contributed by atoms with Crippen molar-refractivity contribution in [3.05, 3.63) is 117 Å². The number of hydrogen-bond donors (Lipinski definition) is 0. The van der Waals surface area contributed by atoms with Gasteiger partial charge < -0.3 is 37.9 Å². The SMILES string of the molecule is Cn1c(SCCCN2C[C@@H]3CCN(c4ccc(C(F)(F)F)cc4)[C@@H]3C2)nnc1-c1ccc(=O)n(C)c1.Cn1c(SCCCN2C[C@H]3CCN(c4ccc(C(F)(F)F)cc4)[C@H]3C2)nnc1-c1ccc(=O)n(C)c1. The number of aryl methyl sites for hydroxylation is 2. The van der Waals surface area contributed by atoms with Crippen molar-refractivity contribution in [3.8, 4) is 22.8 Å². The maximum absolute atomic E-state index is 12.9. The number of fused-ring (bicyclic) bond motifs is 2. The van der Waals surface area contributed by atoms with E-state index in [1.54, 1.807) is 86.4 Å². The van der Waals surface area contributed by atoms with Gasteiger partial charge in [0.2, 0.25) is 11.1 Å². The summed E-state index contributed by atoms with van der Waals surface area (Å²) in [7, 11) is 7.29. The van der Waals surface area contributed by atoms with Crippen LogP contribution in [0.3, 0.4) is 0 Å². The Morgan fingerprint density at radius 1 is 0.528 bits per heavy atom. The first kappa shape index (κ1) is 51.3. The number of likely N-dealkylation sites (tertiary alicyclic amines) is 2. The predicted molar refractivity (Wildman–Crippen MR) is 268 cm³/mol. The number of aromatic nitrogens is 8. The lowest BCUT2D eigenvalue weighted by molar-refractivity contribution is -0.138. The van der Waals surface area contributed by atoms with Gasteiger partial charge in [-0.05, 0) is 111 Å². The molecule has 14 nitrogen and oxygen atoms in total. The lowest BCUT2D eigenvalue weighted by Gasteiger charge is -2.27. The van der Waals surface area contributed by atoms with Crippen LogP contribution in [0.2, 0.25) is 0 Å². The molecule has 0 amide bonds. The molecule has 4 saturated heterocycles. The number of alkyl halides is 6. The van der Waals surface area contributed by atoms with Crippen LogP contribution in [0.15, 0.2) is 105 Å². The molecule has 4 aromatic heterocycles. The van der Waals surface area contributed by atoms with Crippen molar-refractivity contribution in [2.45, 2.75) is 60.4 Å². The predicted octanol–water partition coefficient (Wildman–Crippen LogP) is 7.79. The summed E-state index contributed by atoms with van der Waals surface area (Å²) in [5.41, 5.74) is 2.12. The zero-order valence-corrected chi connectivity index (χ0v) is 42.2. The van der Waals surface area contributed by atoms with Crippen molar-refractivity contribution < 1.29 is 26.3 Å². The zero-order chi connectivity index (χ0) is 50.9. The maximum atomic E-state index is 12.9. The molecule has 0 radical (unpaired) electrons.